The maximum atomic E-state index is 12.1. The molecule has 0 aliphatic heterocycles. The van der Waals surface area contributed by atoms with E-state index in [-0.39, 0.29) is 5.91 Å². The van der Waals surface area contributed by atoms with Crippen molar-refractivity contribution in [3.05, 3.63) is 28.5 Å². The van der Waals surface area contributed by atoms with E-state index in [1.165, 1.54) is 0 Å². The van der Waals surface area contributed by atoms with E-state index in [2.05, 4.69) is 32.3 Å². The zero-order valence-corrected chi connectivity index (χ0v) is 11.5. The number of nitrogens with zero attached hydrogens (tertiary/aromatic N) is 2. The Morgan fingerprint density at radius 2 is 2.17 bits per heavy atom. The minimum atomic E-state index is -0.716. The van der Waals surface area contributed by atoms with Gasteiger partial charge in [-0.3, -0.25) is 4.79 Å². The molecule has 1 fully saturated rings. The third-order valence-corrected chi connectivity index (χ3v) is 3.89. The van der Waals surface area contributed by atoms with E-state index in [0.717, 1.165) is 32.1 Å². The minimum Gasteiger partial charge on any atom is -0.332 e. The number of amides is 1. The van der Waals surface area contributed by atoms with Crippen LogP contribution in [0.2, 0.25) is 0 Å². The van der Waals surface area contributed by atoms with Gasteiger partial charge in [-0.25, -0.2) is 4.98 Å². The van der Waals surface area contributed by atoms with Crippen LogP contribution < -0.4 is 5.32 Å². The number of hydrogen-bond acceptors (Lipinski definition) is 3. The van der Waals surface area contributed by atoms with Crippen molar-refractivity contribution in [3.8, 4) is 6.07 Å². The third-order valence-electron chi connectivity index (χ3n) is 3.25. The predicted octanol–water partition coefficient (Wildman–Crippen LogP) is 2.80. The highest BCUT2D eigenvalue weighted by molar-refractivity contribution is 9.10. The highest BCUT2D eigenvalue weighted by Crippen LogP contribution is 2.28. The van der Waals surface area contributed by atoms with Crippen molar-refractivity contribution in [2.24, 2.45) is 0 Å². The Morgan fingerprint density at radius 1 is 1.44 bits per heavy atom. The van der Waals surface area contributed by atoms with Gasteiger partial charge in [-0.1, -0.05) is 19.3 Å². The van der Waals surface area contributed by atoms with Gasteiger partial charge in [-0.2, -0.15) is 5.26 Å². The van der Waals surface area contributed by atoms with Gasteiger partial charge >= 0.3 is 0 Å². The van der Waals surface area contributed by atoms with Crippen LogP contribution in [0.25, 0.3) is 0 Å². The monoisotopic (exact) mass is 307 g/mol. The number of nitrogens with one attached hydrogen (secondary N) is 1. The molecular weight excluding hydrogens is 294 g/mol. The summed E-state index contributed by atoms with van der Waals surface area (Å²) in [6.07, 6.45) is 6.11. The number of rotatable bonds is 2. The molecule has 0 saturated heterocycles. The first-order valence-corrected chi connectivity index (χ1v) is 6.80. The summed E-state index contributed by atoms with van der Waals surface area (Å²) >= 11 is 3.29. The molecule has 0 aromatic carbocycles. The van der Waals surface area contributed by atoms with Crippen molar-refractivity contribution < 1.29 is 4.79 Å². The summed E-state index contributed by atoms with van der Waals surface area (Å²) in [5.74, 6) is -0.286. The van der Waals surface area contributed by atoms with Gasteiger partial charge in [0.1, 0.15) is 11.2 Å². The first-order chi connectivity index (χ1) is 8.67. The van der Waals surface area contributed by atoms with Crippen LogP contribution in [-0.2, 0) is 0 Å². The molecule has 0 unspecified atom stereocenters. The standard InChI is InChI=1S/C13H14BrN3O/c14-10-5-4-8-16-11(10)12(18)17-13(9-15)6-2-1-3-7-13/h4-5,8H,1-3,6-7H2,(H,17,18). The van der Waals surface area contributed by atoms with Crippen molar-refractivity contribution in [2.75, 3.05) is 0 Å². The fourth-order valence-electron chi connectivity index (χ4n) is 2.25. The summed E-state index contributed by atoms with van der Waals surface area (Å²) in [5.41, 5.74) is -0.385. The largest absolute Gasteiger partial charge is 0.332 e. The Hall–Kier alpha value is -1.41. The van der Waals surface area contributed by atoms with Crippen LogP contribution in [0.3, 0.4) is 0 Å². The summed E-state index contributed by atoms with van der Waals surface area (Å²) in [5, 5.41) is 12.2. The van der Waals surface area contributed by atoms with Crippen LogP contribution in [-0.4, -0.2) is 16.4 Å². The average Bonchev–Trinajstić information content (AvgIpc) is 2.40. The fourth-order valence-corrected chi connectivity index (χ4v) is 2.68. The number of carbonyl (C=O) groups is 1. The maximum absolute atomic E-state index is 12.1. The molecule has 0 atom stereocenters. The lowest BCUT2D eigenvalue weighted by Crippen LogP contribution is -2.48. The second kappa shape index (κ2) is 5.49. The lowest BCUT2D eigenvalue weighted by Gasteiger charge is -2.31. The normalized spacial score (nSPS) is 17.8. The Morgan fingerprint density at radius 3 is 2.78 bits per heavy atom. The van der Waals surface area contributed by atoms with E-state index < -0.39 is 5.54 Å². The maximum Gasteiger partial charge on any atom is 0.272 e. The SMILES string of the molecule is N#CC1(NC(=O)c2ncccc2Br)CCCCC1. The molecule has 0 radical (unpaired) electrons. The number of hydrogen-bond donors (Lipinski definition) is 1. The van der Waals surface area contributed by atoms with E-state index in [1.54, 1.807) is 18.3 Å². The van der Waals surface area contributed by atoms with E-state index in [9.17, 15) is 10.1 Å². The predicted molar refractivity (Wildman–Crippen MR) is 70.8 cm³/mol. The number of nitriles is 1. The smallest absolute Gasteiger partial charge is 0.272 e. The number of halogens is 1. The molecule has 4 nitrogen and oxygen atoms in total. The second-order valence-corrected chi connectivity index (χ2v) is 5.40. The number of aromatic nitrogens is 1. The van der Waals surface area contributed by atoms with E-state index >= 15 is 0 Å². The topological polar surface area (TPSA) is 65.8 Å². The lowest BCUT2D eigenvalue weighted by atomic mass is 9.83. The summed E-state index contributed by atoms with van der Waals surface area (Å²) in [6, 6.07) is 5.78. The molecule has 1 saturated carbocycles. The van der Waals surface area contributed by atoms with Crippen molar-refractivity contribution >= 4 is 21.8 Å². The second-order valence-electron chi connectivity index (χ2n) is 4.54. The molecule has 1 aliphatic carbocycles. The van der Waals surface area contributed by atoms with Gasteiger partial charge in [0.25, 0.3) is 5.91 Å². The fraction of sp³-hybridized carbons (Fsp3) is 0.462. The molecule has 0 bridgehead atoms. The van der Waals surface area contributed by atoms with Gasteiger partial charge in [0.2, 0.25) is 0 Å². The van der Waals surface area contributed by atoms with Gasteiger partial charge in [-0.15, -0.1) is 0 Å². The van der Waals surface area contributed by atoms with Crippen LogP contribution in [0.15, 0.2) is 22.8 Å². The van der Waals surface area contributed by atoms with Crippen LogP contribution in [0.4, 0.5) is 0 Å². The first kappa shape index (κ1) is 13.0. The van der Waals surface area contributed by atoms with Gasteiger partial charge in [0, 0.05) is 10.7 Å². The highest BCUT2D eigenvalue weighted by atomic mass is 79.9. The molecule has 2 rings (SSSR count). The van der Waals surface area contributed by atoms with Gasteiger partial charge in [0.15, 0.2) is 0 Å². The molecular formula is C13H14BrN3O. The molecule has 5 heteroatoms. The highest BCUT2D eigenvalue weighted by Gasteiger charge is 2.34. The summed E-state index contributed by atoms with van der Waals surface area (Å²) in [7, 11) is 0. The average molecular weight is 308 g/mol. The molecule has 18 heavy (non-hydrogen) atoms. The van der Waals surface area contributed by atoms with Crippen molar-refractivity contribution in [1.29, 1.82) is 5.26 Å². The van der Waals surface area contributed by atoms with Crippen molar-refractivity contribution in [1.82, 2.24) is 10.3 Å². The molecule has 94 valence electrons. The quantitative estimate of drug-likeness (QED) is 0.913. The first-order valence-electron chi connectivity index (χ1n) is 6.01. The van der Waals surface area contributed by atoms with E-state index in [4.69, 9.17) is 0 Å². The number of pyridine rings is 1. The summed E-state index contributed by atoms with van der Waals surface area (Å²) < 4.78 is 0.645. The Labute approximate surface area is 115 Å². The molecule has 1 heterocycles. The van der Waals surface area contributed by atoms with Crippen LogP contribution in [0.1, 0.15) is 42.6 Å². The number of carbonyl (C=O) groups excluding carboxylic acids is 1. The Balaban J connectivity index is 2.16. The molecule has 0 spiro atoms. The zero-order chi connectivity index (χ0) is 13.0. The molecule has 1 aliphatic rings. The van der Waals surface area contributed by atoms with Gasteiger partial charge in [0.05, 0.1) is 6.07 Å². The van der Waals surface area contributed by atoms with Gasteiger partial charge in [-0.05, 0) is 40.9 Å². The van der Waals surface area contributed by atoms with Crippen LogP contribution in [0.5, 0.6) is 0 Å². The third kappa shape index (κ3) is 2.70. The van der Waals surface area contributed by atoms with E-state index in [0.29, 0.717) is 10.2 Å². The Bertz CT molecular complexity index is 489. The van der Waals surface area contributed by atoms with Crippen molar-refractivity contribution in [2.45, 2.75) is 37.6 Å². The molecule has 1 N–H and O–H groups in total. The summed E-state index contributed by atoms with van der Waals surface area (Å²) in [4.78, 5) is 16.2. The Kier molecular flexibility index (Phi) is 3.97. The summed E-state index contributed by atoms with van der Waals surface area (Å²) in [6.45, 7) is 0. The van der Waals surface area contributed by atoms with Crippen LogP contribution >= 0.6 is 15.9 Å². The molecule has 1 aromatic heterocycles. The van der Waals surface area contributed by atoms with E-state index in [1.807, 2.05) is 0 Å². The lowest BCUT2D eigenvalue weighted by molar-refractivity contribution is 0.0896. The van der Waals surface area contributed by atoms with Crippen LogP contribution in [0, 0.1) is 11.3 Å². The molecule has 1 aromatic rings. The molecule has 1 amide bonds. The van der Waals surface area contributed by atoms with Gasteiger partial charge < -0.3 is 5.32 Å². The zero-order valence-electron chi connectivity index (χ0n) is 9.95. The minimum absolute atomic E-state index is 0.286. The van der Waals surface area contributed by atoms with Crippen molar-refractivity contribution in [3.63, 3.8) is 0 Å².